The fourth-order valence-electron chi connectivity index (χ4n) is 3.62. The Morgan fingerprint density at radius 1 is 1.29 bits per heavy atom. The molecule has 0 bridgehead atoms. The van der Waals surface area contributed by atoms with Crippen molar-refractivity contribution in [1.29, 1.82) is 0 Å². The maximum absolute atomic E-state index is 12.2. The first-order chi connectivity index (χ1) is 13.3. The number of pyridine rings is 1. The Hall–Kier alpha value is -2.48. The third kappa shape index (κ3) is 3.48. The van der Waals surface area contributed by atoms with E-state index in [1.807, 2.05) is 6.07 Å². The fourth-order valence-corrected chi connectivity index (χ4v) is 4.24. The van der Waals surface area contributed by atoms with Crippen LogP contribution in [0.5, 0.6) is 11.5 Å². The largest absolute Gasteiger partial charge is 0.491 e. The van der Waals surface area contributed by atoms with Crippen LogP contribution in [-0.2, 0) is 23.5 Å². The van der Waals surface area contributed by atoms with E-state index in [-0.39, 0.29) is 23.2 Å². The first kappa shape index (κ1) is 18.9. The Morgan fingerprint density at radius 2 is 2.04 bits per heavy atom. The van der Waals surface area contributed by atoms with Crippen molar-refractivity contribution >= 4 is 15.7 Å². The van der Waals surface area contributed by atoms with Crippen LogP contribution in [0.3, 0.4) is 0 Å². The molecule has 8 heteroatoms. The molecular weight excluding hydrogens is 380 g/mol. The first-order valence-corrected chi connectivity index (χ1v) is 11.1. The number of rotatable bonds is 6. The number of nitrogens with one attached hydrogen (secondary N) is 1. The summed E-state index contributed by atoms with van der Waals surface area (Å²) in [6.07, 6.45) is 4.93. The molecule has 2 aliphatic rings. The molecule has 1 aliphatic heterocycles. The number of hydrogen-bond donors (Lipinski definition) is 1. The van der Waals surface area contributed by atoms with Crippen molar-refractivity contribution in [3.63, 3.8) is 0 Å². The van der Waals surface area contributed by atoms with Crippen molar-refractivity contribution in [3.05, 3.63) is 40.3 Å². The summed E-state index contributed by atoms with van der Waals surface area (Å²) in [5.41, 5.74) is 2.74. The highest BCUT2D eigenvalue weighted by Gasteiger charge is 2.38. The normalized spacial score (nSPS) is 18.5. The molecule has 0 amide bonds. The van der Waals surface area contributed by atoms with Crippen LogP contribution >= 0.6 is 0 Å². The smallest absolute Gasteiger partial charge is 0.292 e. The van der Waals surface area contributed by atoms with E-state index in [9.17, 15) is 13.2 Å². The summed E-state index contributed by atoms with van der Waals surface area (Å²) in [6.45, 7) is 1.60. The molecule has 28 heavy (non-hydrogen) atoms. The van der Waals surface area contributed by atoms with Gasteiger partial charge in [0.05, 0.1) is 12.9 Å². The molecule has 1 N–H and O–H groups in total. The molecule has 1 aromatic heterocycles. The lowest BCUT2D eigenvalue weighted by Crippen LogP contribution is -2.18. The van der Waals surface area contributed by atoms with Crippen molar-refractivity contribution in [2.24, 2.45) is 13.0 Å². The first-order valence-electron chi connectivity index (χ1n) is 9.40. The summed E-state index contributed by atoms with van der Waals surface area (Å²) in [5.74, 6) is 1.54. The third-order valence-electron chi connectivity index (χ3n) is 5.34. The second-order valence-electron chi connectivity index (χ2n) is 7.43. The highest BCUT2D eigenvalue weighted by Crippen LogP contribution is 2.47. The number of anilines is 1. The number of aromatic nitrogens is 1. The second-order valence-corrected chi connectivity index (χ2v) is 9.44. The topological polar surface area (TPSA) is 86.6 Å². The van der Waals surface area contributed by atoms with Crippen LogP contribution < -0.4 is 19.8 Å². The zero-order valence-corrected chi connectivity index (χ0v) is 17.0. The number of hydrogen-bond acceptors (Lipinski definition) is 5. The van der Waals surface area contributed by atoms with Gasteiger partial charge in [0.15, 0.2) is 5.75 Å². The zero-order chi connectivity index (χ0) is 20.1. The molecule has 0 spiro atoms. The maximum atomic E-state index is 12.2. The van der Waals surface area contributed by atoms with Crippen LogP contribution in [0.2, 0.25) is 0 Å². The van der Waals surface area contributed by atoms with E-state index in [0.29, 0.717) is 11.6 Å². The molecule has 0 saturated heterocycles. The molecule has 4 rings (SSSR count). The third-order valence-corrected chi connectivity index (χ3v) is 6.65. The van der Waals surface area contributed by atoms with Crippen molar-refractivity contribution in [3.8, 4) is 22.6 Å². The van der Waals surface area contributed by atoms with Gasteiger partial charge in [-0.05, 0) is 43.9 Å². The van der Waals surface area contributed by atoms with Crippen LogP contribution in [0.15, 0.2) is 29.2 Å². The molecule has 2 aromatic rings. The Morgan fingerprint density at radius 3 is 2.68 bits per heavy atom. The standard InChI is InChI=1S/C20H24N2O5S/c1-4-28(24,25)21-15-7-13-8-17(12-5-6-12)27-19(13)16(10-15)14-9-18(26-3)20(23)22(2)11-14/h7,9-12,17,21H,4-6,8H2,1-3H3. The summed E-state index contributed by atoms with van der Waals surface area (Å²) in [5, 5.41) is 0. The summed E-state index contributed by atoms with van der Waals surface area (Å²) in [4.78, 5) is 12.2. The van der Waals surface area contributed by atoms with Crippen LogP contribution in [0.1, 0.15) is 25.3 Å². The second kappa shape index (κ2) is 6.84. The molecule has 1 saturated carbocycles. The lowest BCUT2D eigenvalue weighted by Gasteiger charge is -2.15. The monoisotopic (exact) mass is 404 g/mol. The van der Waals surface area contributed by atoms with Crippen molar-refractivity contribution in [1.82, 2.24) is 4.57 Å². The van der Waals surface area contributed by atoms with E-state index < -0.39 is 10.0 Å². The molecule has 1 aromatic carbocycles. The number of sulfonamides is 1. The van der Waals surface area contributed by atoms with Gasteiger partial charge in [0.25, 0.3) is 5.56 Å². The van der Waals surface area contributed by atoms with Crippen molar-refractivity contribution in [2.45, 2.75) is 32.3 Å². The minimum atomic E-state index is -3.40. The Balaban J connectivity index is 1.85. The van der Waals surface area contributed by atoms with Gasteiger partial charge < -0.3 is 14.0 Å². The van der Waals surface area contributed by atoms with Crippen molar-refractivity contribution in [2.75, 3.05) is 17.6 Å². The minimum absolute atomic E-state index is 0.00568. The molecule has 7 nitrogen and oxygen atoms in total. The number of aryl methyl sites for hydroxylation is 1. The van der Waals surface area contributed by atoms with Gasteiger partial charge in [-0.1, -0.05) is 0 Å². The molecule has 2 heterocycles. The van der Waals surface area contributed by atoms with Gasteiger partial charge in [-0.15, -0.1) is 0 Å². The van der Waals surface area contributed by atoms with Crippen LogP contribution in [-0.4, -0.2) is 32.0 Å². The van der Waals surface area contributed by atoms with E-state index in [0.717, 1.165) is 41.7 Å². The van der Waals surface area contributed by atoms with Gasteiger partial charge in [-0.3, -0.25) is 9.52 Å². The lowest BCUT2D eigenvalue weighted by molar-refractivity contribution is 0.208. The van der Waals surface area contributed by atoms with Crippen LogP contribution in [0.25, 0.3) is 11.1 Å². The molecular formula is C20H24N2O5S. The molecule has 1 unspecified atom stereocenters. The van der Waals surface area contributed by atoms with Crippen LogP contribution in [0, 0.1) is 5.92 Å². The fraction of sp³-hybridized carbons (Fsp3) is 0.450. The zero-order valence-electron chi connectivity index (χ0n) is 16.2. The number of methoxy groups -OCH3 is 1. The molecule has 1 atom stereocenters. The number of fused-ring (bicyclic) bond motifs is 1. The predicted molar refractivity (Wildman–Crippen MR) is 108 cm³/mol. The highest BCUT2D eigenvalue weighted by atomic mass is 32.2. The summed E-state index contributed by atoms with van der Waals surface area (Å²) >= 11 is 0. The van der Waals surface area contributed by atoms with E-state index in [4.69, 9.17) is 9.47 Å². The van der Waals surface area contributed by atoms with E-state index >= 15 is 0 Å². The van der Waals surface area contributed by atoms with Gasteiger partial charge in [0.2, 0.25) is 10.0 Å². The van der Waals surface area contributed by atoms with Gasteiger partial charge in [-0.2, -0.15) is 0 Å². The lowest BCUT2D eigenvalue weighted by atomic mass is 10.00. The quantitative estimate of drug-likeness (QED) is 0.800. The van der Waals surface area contributed by atoms with Crippen LogP contribution in [0.4, 0.5) is 5.69 Å². The summed E-state index contributed by atoms with van der Waals surface area (Å²) < 4.78 is 39.8. The number of nitrogens with zero attached hydrogens (tertiary/aromatic N) is 1. The molecule has 150 valence electrons. The van der Waals surface area contributed by atoms with E-state index in [1.54, 1.807) is 32.3 Å². The summed E-state index contributed by atoms with van der Waals surface area (Å²) in [6, 6.07) is 5.29. The Labute approximate surface area is 164 Å². The molecule has 1 fully saturated rings. The van der Waals surface area contributed by atoms with Gasteiger partial charge in [0.1, 0.15) is 11.9 Å². The predicted octanol–water partition coefficient (Wildman–Crippen LogP) is 2.54. The Bertz CT molecular complexity index is 1090. The molecule has 1 aliphatic carbocycles. The SMILES string of the molecule is CCS(=O)(=O)Nc1cc2c(c(-c3cc(OC)c(=O)n(C)c3)c1)OC(C1CC1)C2. The Kier molecular flexibility index (Phi) is 4.61. The number of ether oxygens (including phenoxy) is 2. The van der Waals surface area contributed by atoms with E-state index in [2.05, 4.69) is 4.72 Å². The highest BCUT2D eigenvalue weighted by molar-refractivity contribution is 7.92. The van der Waals surface area contributed by atoms with E-state index in [1.165, 1.54) is 11.7 Å². The number of benzene rings is 1. The van der Waals surface area contributed by atoms with Gasteiger partial charge in [0, 0.05) is 42.0 Å². The van der Waals surface area contributed by atoms with Gasteiger partial charge >= 0.3 is 0 Å². The maximum Gasteiger partial charge on any atom is 0.292 e. The average Bonchev–Trinajstić information content (AvgIpc) is 3.42. The van der Waals surface area contributed by atoms with Crippen molar-refractivity contribution < 1.29 is 17.9 Å². The minimum Gasteiger partial charge on any atom is -0.491 e. The van der Waals surface area contributed by atoms with Gasteiger partial charge in [-0.25, -0.2) is 8.42 Å². The molecule has 0 radical (unpaired) electrons. The average molecular weight is 404 g/mol. The summed E-state index contributed by atoms with van der Waals surface area (Å²) in [7, 11) is -0.291.